The average Bonchev–Trinajstić information content (AvgIpc) is 3.62. The highest BCUT2D eigenvalue weighted by atomic mass is 16.5. The minimum Gasteiger partial charge on any atom is -0.468 e. The highest BCUT2D eigenvalue weighted by Gasteiger charge is 2.33. The van der Waals surface area contributed by atoms with Crippen molar-refractivity contribution in [1.29, 1.82) is 0 Å². The Hall–Kier alpha value is -3.34. The second-order valence-electron chi connectivity index (χ2n) is 8.94. The summed E-state index contributed by atoms with van der Waals surface area (Å²) >= 11 is 0. The molecule has 1 N–H and O–H groups in total. The van der Waals surface area contributed by atoms with Gasteiger partial charge in [-0.1, -0.05) is 11.6 Å². The number of H-pyrrole nitrogens is 1. The number of benzene rings is 1. The van der Waals surface area contributed by atoms with Crippen molar-refractivity contribution in [2.75, 3.05) is 26.9 Å². The van der Waals surface area contributed by atoms with Gasteiger partial charge in [0, 0.05) is 31.3 Å². The lowest BCUT2D eigenvalue weighted by Crippen LogP contribution is -2.39. The summed E-state index contributed by atoms with van der Waals surface area (Å²) in [5.41, 5.74) is 2.30. The molecular formula is C25H30N6O4. The van der Waals surface area contributed by atoms with E-state index in [0.29, 0.717) is 37.6 Å². The molecule has 0 spiro atoms. The molecule has 3 aromatic heterocycles. The topological polar surface area (TPSA) is 111 Å². The maximum absolute atomic E-state index is 13.5. The number of tetrazole rings is 1. The zero-order valence-corrected chi connectivity index (χ0v) is 20.0. The lowest BCUT2D eigenvalue weighted by Gasteiger charge is -2.32. The van der Waals surface area contributed by atoms with Crippen LogP contribution in [0.3, 0.4) is 0 Å². The predicted molar refractivity (Wildman–Crippen MR) is 129 cm³/mol. The molecule has 184 valence electrons. The SMILES string of the molecule is COCCn1nnnc1C(c1cc2cc(C)ccc2[nH]c1=O)N(Cc1ccco1)CC1CCCO1. The summed E-state index contributed by atoms with van der Waals surface area (Å²) in [4.78, 5) is 18.7. The van der Waals surface area contributed by atoms with Gasteiger partial charge in [0.05, 0.1) is 32.1 Å². The van der Waals surface area contributed by atoms with Crippen LogP contribution in [-0.4, -0.2) is 63.1 Å². The third kappa shape index (κ3) is 5.19. The molecule has 5 rings (SSSR count). The Morgan fingerprint density at radius 1 is 1.31 bits per heavy atom. The number of fused-ring (bicyclic) bond motifs is 1. The number of aryl methyl sites for hydroxylation is 1. The van der Waals surface area contributed by atoms with Gasteiger partial charge in [0.1, 0.15) is 11.8 Å². The van der Waals surface area contributed by atoms with E-state index in [-0.39, 0.29) is 11.7 Å². The second kappa shape index (κ2) is 10.5. The second-order valence-corrected chi connectivity index (χ2v) is 8.94. The average molecular weight is 479 g/mol. The van der Waals surface area contributed by atoms with E-state index in [4.69, 9.17) is 13.9 Å². The highest BCUT2D eigenvalue weighted by Crippen LogP contribution is 2.30. The highest BCUT2D eigenvalue weighted by molar-refractivity contribution is 5.79. The van der Waals surface area contributed by atoms with E-state index in [1.807, 2.05) is 37.3 Å². The van der Waals surface area contributed by atoms with Crippen molar-refractivity contribution >= 4 is 10.9 Å². The quantitative estimate of drug-likeness (QED) is 0.370. The summed E-state index contributed by atoms with van der Waals surface area (Å²) in [6.07, 6.45) is 3.69. The summed E-state index contributed by atoms with van der Waals surface area (Å²) < 4.78 is 18.7. The first-order valence-corrected chi connectivity index (χ1v) is 11.9. The number of furan rings is 1. The normalized spacial score (nSPS) is 16.9. The van der Waals surface area contributed by atoms with Crippen molar-refractivity contribution in [3.05, 3.63) is 75.7 Å². The van der Waals surface area contributed by atoms with Crippen LogP contribution in [0.2, 0.25) is 0 Å². The van der Waals surface area contributed by atoms with E-state index in [2.05, 4.69) is 31.5 Å². The third-order valence-electron chi connectivity index (χ3n) is 6.40. The van der Waals surface area contributed by atoms with Crippen LogP contribution in [0.25, 0.3) is 10.9 Å². The molecule has 0 radical (unpaired) electrons. The van der Waals surface area contributed by atoms with Crippen LogP contribution in [0.15, 0.2) is 51.9 Å². The summed E-state index contributed by atoms with van der Waals surface area (Å²) in [6, 6.07) is 11.2. The Kier molecular flexibility index (Phi) is 7.03. The van der Waals surface area contributed by atoms with Gasteiger partial charge >= 0.3 is 0 Å². The maximum atomic E-state index is 13.5. The van der Waals surface area contributed by atoms with Crippen LogP contribution in [0.4, 0.5) is 0 Å². The van der Waals surface area contributed by atoms with Gasteiger partial charge in [-0.05, 0) is 65.9 Å². The van der Waals surface area contributed by atoms with Gasteiger partial charge in [0.25, 0.3) is 5.56 Å². The van der Waals surface area contributed by atoms with Crippen molar-refractivity contribution in [3.8, 4) is 0 Å². The first-order chi connectivity index (χ1) is 17.1. The van der Waals surface area contributed by atoms with Crippen molar-refractivity contribution in [2.24, 2.45) is 0 Å². The van der Waals surface area contributed by atoms with Crippen LogP contribution in [-0.2, 0) is 22.6 Å². The number of hydrogen-bond acceptors (Lipinski definition) is 8. The molecule has 0 saturated carbocycles. The first kappa shape index (κ1) is 23.4. The molecule has 1 aliphatic heterocycles. The van der Waals surface area contributed by atoms with Crippen molar-refractivity contribution < 1.29 is 13.9 Å². The number of hydrogen-bond donors (Lipinski definition) is 1. The number of aromatic amines is 1. The van der Waals surface area contributed by atoms with Gasteiger partial charge in [0.15, 0.2) is 5.82 Å². The van der Waals surface area contributed by atoms with Crippen LogP contribution in [0, 0.1) is 6.92 Å². The fourth-order valence-electron chi connectivity index (χ4n) is 4.70. The maximum Gasteiger partial charge on any atom is 0.253 e. The zero-order valence-electron chi connectivity index (χ0n) is 20.0. The molecule has 4 heterocycles. The summed E-state index contributed by atoms with van der Waals surface area (Å²) in [5.74, 6) is 1.36. The Morgan fingerprint density at radius 2 is 2.23 bits per heavy atom. The number of nitrogens with zero attached hydrogens (tertiary/aromatic N) is 5. The number of ether oxygens (including phenoxy) is 2. The van der Waals surface area contributed by atoms with E-state index >= 15 is 0 Å². The van der Waals surface area contributed by atoms with Crippen LogP contribution >= 0.6 is 0 Å². The molecule has 0 amide bonds. The molecule has 1 saturated heterocycles. The molecule has 10 heteroatoms. The Morgan fingerprint density at radius 3 is 3.00 bits per heavy atom. The van der Waals surface area contributed by atoms with Gasteiger partial charge < -0.3 is 18.9 Å². The molecular weight excluding hydrogens is 448 g/mol. The molecule has 2 unspecified atom stereocenters. The van der Waals surface area contributed by atoms with Crippen LogP contribution < -0.4 is 5.56 Å². The predicted octanol–water partition coefficient (Wildman–Crippen LogP) is 2.83. The fraction of sp³-hybridized carbons (Fsp3) is 0.440. The molecule has 0 aliphatic carbocycles. The van der Waals surface area contributed by atoms with E-state index in [1.54, 1.807) is 18.1 Å². The van der Waals surface area contributed by atoms with Crippen LogP contribution in [0.5, 0.6) is 0 Å². The lowest BCUT2D eigenvalue weighted by molar-refractivity contribution is 0.0541. The van der Waals surface area contributed by atoms with Gasteiger partial charge in [-0.2, -0.15) is 0 Å². The summed E-state index contributed by atoms with van der Waals surface area (Å²) in [6.45, 7) is 4.77. The van der Waals surface area contributed by atoms with E-state index in [0.717, 1.165) is 41.7 Å². The molecule has 2 atom stereocenters. The molecule has 35 heavy (non-hydrogen) atoms. The standard InChI is InChI=1S/C25H30N6O4/c1-17-7-8-22-18(13-17)14-21(25(32)26-22)23(24-27-28-29-31(24)9-12-33-2)30(15-19-5-3-10-34-19)16-20-6-4-11-35-20/h3,5,7-8,10,13-14,20,23H,4,6,9,11-12,15-16H2,1-2H3,(H,26,32). The molecule has 1 fully saturated rings. The smallest absolute Gasteiger partial charge is 0.253 e. The van der Waals surface area contributed by atoms with Crippen molar-refractivity contribution in [1.82, 2.24) is 30.1 Å². The minimum atomic E-state index is -0.523. The summed E-state index contributed by atoms with van der Waals surface area (Å²) in [5, 5.41) is 13.5. The van der Waals surface area contributed by atoms with Gasteiger partial charge in [-0.3, -0.25) is 9.69 Å². The summed E-state index contributed by atoms with van der Waals surface area (Å²) in [7, 11) is 1.64. The number of aromatic nitrogens is 5. The third-order valence-corrected chi connectivity index (χ3v) is 6.40. The van der Waals surface area contributed by atoms with Gasteiger partial charge in [0.2, 0.25) is 0 Å². The van der Waals surface area contributed by atoms with Gasteiger partial charge in [-0.25, -0.2) is 4.68 Å². The van der Waals surface area contributed by atoms with Crippen LogP contribution in [0.1, 0.15) is 41.6 Å². The van der Waals surface area contributed by atoms with E-state index in [9.17, 15) is 4.79 Å². The first-order valence-electron chi connectivity index (χ1n) is 11.9. The Balaban J connectivity index is 1.65. The Bertz CT molecular complexity index is 1310. The molecule has 1 aromatic carbocycles. The molecule has 10 nitrogen and oxygen atoms in total. The Labute approximate surface area is 202 Å². The fourth-order valence-corrected chi connectivity index (χ4v) is 4.70. The largest absolute Gasteiger partial charge is 0.468 e. The van der Waals surface area contributed by atoms with E-state index in [1.165, 1.54) is 0 Å². The molecule has 0 bridgehead atoms. The monoisotopic (exact) mass is 478 g/mol. The number of nitrogens with one attached hydrogen (secondary N) is 1. The molecule has 4 aromatic rings. The number of rotatable bonds is 10. The van der Waals surface area contributed by atoms with Gasteiger partial charge in [-0.15, -0.1) is 5.10 Å². The van der Waals surface area contributed by atoms with Crippen molar-refractivity contribution in [2.45, 2.75) is 45.0 Å². The number of pyridine rings is 1. The molecule has 1 aliphatic rings. The zero-order chi connectivity index (χ0) is 24.2. The lowest BCUT2D eigenvalue weighted by atomic mass is 10.0. The van der Waals surface area contributed by atoms with Crippen molar-refractivity contribution in [3.63, 3.8) is 0 Å². The van der Waals surface area contributed by atoms with E-state index < -0.39 is 6.04 Å². The number of methoxy groups -OCH3 is 1. The minimum absolute atomic E-state index is 0.0533.